The second-order valence-corrected chi connectivity index (χ2v) is 5.29. The molecule has 0 saturated carbocycles. The van der Waals surface area contributed by atoms with Crippen LogP contribution in [0.5, 0.6) is 11.5 Å². The van der Waals surface area contributed by atoms with Crippen molar-refractivity contribution in [1.82, 2.24) is 10.3 Å². The molecule has 0 aliphatic heterocycles. The Hall–Kier alpha value is -1.50. The minimum Gasteiger partial charge on any atom is -0.453 e. The number of pyridine rings is 1. The zero-order valence-corrected chi connectivity index (χ0v) is 13.2. The lowest BCUT2D eigenvalue weighted by molar-refractivity contribution is 0.199. The lowest BCUT2D eigenvalue weighted by Crippen LogP contribution is -2.18. The molecule has 1 aromatic carbocycles. The zero-order chi connectivity index (χ0) is 15.1. The van der Waals surface area contributed by atoms with Gasteiger partial charge in [0.1, 0.15) is 5.75 Å². The molecule has 0 saturated heterocycles. The van der Waals surface area contributed by atoms with Gasteiger partial charge in [0.25, 0.3) is 0 Å². The first kappa shape index (κ1) is 15.9. The third kappa shape index (κ3) is 5.08. The van der Waals surface area contributed by atoms with Gasteiger partial charge >= 0.3 is 0 Å². The topological polar surface area (TPSA) is 43.4 Å². The minimum absolute atomic E-state index is 0.176. The summed E-state index contributed by atoms with van der Waals surface area (Å²) >= 11 is 3.29. The van der Waals surface area contributed by atoms with Gasteiger partial charge in [0.2, 0.25) is 0 Å². The van der Waals surface area contributed by atoms with Gasteiger partial charge in [0.15, 0.2) is 11.6 Å². The fraction of sp³-hybridized carbons (Fsp3) is 0.267. The number of methoxy groups -OCH3 is 1. The predicted molar refractivity (Wildman–Crippen MR) is 82.0 cm³/mol. The summed E-state index contributed by atoms with van der Waals surface area (Å²) in [7, 11) is 1.64. The Morgan fingerprint density at radius 3 is 2.86 bits per heavy atom. The van der Waals surface area contributed by atoms with Crippen molar-refractivity contribution in [3.05, 3.63) is 52.5 Å². The smallest absolute Gasteiger partial charge is 0.166 e. The van der Waals surface area contributed by atoms with Crippen molar-refractivity contribution >= 4 is 15.9 Å². The van der Waals surface area contributed by atoms with Crippen molar-refractivity contribution in [2.45, 2.75) is 6.54 Å². The SMILES string of the molecule is COCCNCc1ccc(Oc2cncc(Br)c2)c(F)c1. The fourth-order valence-electron chi connectivity index (χ4n) is 1.72. The number of hydrogen-bond acceptors (Lipinski definition) is 4. The van der Waals surface area contributed by atoms with Gasteiger partial charge in [-0.3, -0.25) is 4.98 Å². The molecule has 2 aromatic rings. The monoisotopic (exact) mass is 354 g/mol. The summed E-state index contributed by atoms with van der Waals surface area (Å²) in [6.45, 7) is 1.93. The number of nitrogens with zero attached hydrogens (tertiary/aromatic N) is 1. The molecule has 1 aromatic heterocycles. The maximum atomic E-state index is 14.0. The van der Waals surface area contributed by atoms with E-state index in [4.69, 9.17) is 9.47 Å². The largest absolute Gasteiger partial charge is 0.453 e. The number of nitrogens with one attached hydrogen (secondary N) is 1. The van der Waals surface area contributed by atoms with E-state index in [1.807, 2.05) is 6.07 Å². The van der Waals surface area contributed by atoms with Gasteiger partial charge in [0, 0.05) is 30.9 Å². The Morgan fingerprint density at radius 1 is 1.29 bits per heavy atom. The number of ether oxygens (including phenoxy) is 2. The van der Waals surface area contributed by atoms with Crippen LogP contribution in [0.15, 0.2) is 41.1 Å². The van der Waals surface area contributed by atoms with Crippen LogP contribution in [0.1, 0.15) is 5.56 Å². The van der Waals surface area contributed by atoms with Crippen LogP contribution in [-0.2, 0) is 11.3 Å². The van der Waals surface area contributed by atoms with E-state index in [0.717, 1.165) is 16.6 Å². The maximum Gasteiger partial charge on any atom is 0.166 e. The minimum atomic E-state index is -0.402. The highest BCUT2D eigenvalue weighted by molar-refractivity contribution is 9.10. The van der Waals surface area contributed by atoms with Crippen LogP contribution in [0.4, 0.5) is 4.39 Å². The lowest BCUT2D eigenvalue weighted by Gasteiger charge is -2.09. The second-order valence-electron chi connectivity index (χ2n) is 4.38. The Balaban J connectivity index is 1.98. The lowest BCUT2D eigenvalue weighted by atomic mass is 10.2. The normalized spacial score (nSPS) is 10.6. The van der Waals surface area contributed by atoms with Gasteiger partial charge in [-0.2, -0.15) is 0 Å². The summed E-state index contributed by atoms with van der Waals surface area (Å²) in [5.74, 6) is 0.255. The van der Waals surface area contributed by atoms with Gasteiger partial charge in [0.05, 0.1) is 12.8 Å². The number of aromatic nitrogens is 1. The molecule has 4 nitrogen and oxygen atoms in total. The molecule has 0 unspecified atom stereocenters. The fourth-order valence-corrected chi connectivity index (χ4v) is 2.06. The van der Waals surface area contributed by atoms with E-state index in [-0.39, 0.29) is 5.75 Å². The molecule has 1 heterocycles. The Labute approximate surface area is 131 Å². The number of benzene rings is 1. The summed E-state index contributed by atoms with van der Waals surface area (Å²) in [5, 5.41) is 3.16. The first-order valence-corrected chi connectivity index (χ1v) is 7.25. The third-order valence-electron chi connectivity index (χ3n) is 2.72. The molecule has 0 aliphatic carbocycles. The van der Waals surface area contributed by atoms with E-state index < -0.39 is 5.82 Å². The molecule has 1 N–H and O–H groups in total. The standard InChI is InChI=1S/C15H16BrFN2O2/c1-20-5-4-18-8-11-2-3-15(14(17)6-11)21-13-7-12(16)9-19-10-13/h2-3,6-7,9-10,18H,4-5,8H2,1H3. The van der Waals surface area contributed by atoms with E-state index in [9.17, 15) is 4.39 Å². The molecule has 21 heavy (non-hydrogen) atoms. The van der Waals surface area contributed by atoms with Gasteiger partial charge in [-0.25, -0.2) is 4.39 Å². The average molecular weight is 355 g/mol. The van der Waals surface area contributed by atoms with E-state index in [1.165, 1.54) is 12.3 Å². The van der Waals surface area contributed by atoms with Crippen molar-refractivity contribution in [3.8, 4) is 11.5 Å². The van der Waals surface area contributed by atoms with Crippen LogP contribution >= 0.6 is 15.9 Å². The van der Waals surface area contributed by atoms with Gasteiger partial charge in [-0.05, 0) is 39.7 Å². The van der Waals surface area contributed by atoms with E-state index in [1.54, 1.807) is 25.4 Å². The van der Waals surface area contributed by atoms with Gasteiger partial charge in [-0.15, -0.1) is 0 Å². The van der Waals surface area contributed by atoms with Crippen molar-refractivity contribution in [2.75, 3.05) is 20.3 Å². The highest BCUT2D eigenvalue weighted by Crippen LogP contribution is 2.26. The molecule has 0 atom stereocenters. The Morgan fingerprint density at radius 2 is 2.14 bits per heavy atom. The molecule has 0 spiro atoms. The predicted octanol–water partition coefficient (Wildman–Crippen LogP) is 3.51. The van der Waals surface area contributed by atoms with Crippen molar-refractivity contribution in [2.24, 2.45) is 0 Å². The first-order chi connectivity index (χ1) is 10.2. The number of halogens is 2. The summed E-state index contributed by atoms with van der Waals surface area (Å²) in [4.78, 5) is 3.97. The summed E-state index contributed by atoms with van der Waals surface area (Å²) in [5.41, 5.74) is 0.850. The molecule has 0 fully saturated rings. The van der Waals surface area contributed by atoms with Crippen LogP contribution in [0.25, 0.3) is 0 Å². The van der Waals surface area contributed by atoms with Crippen molar-refractivity contribution in [1.29, 1.82) is 0 Å². The van der Waals surface area contributed by atoms with Crippen LogP contribution in [0, 0.1) is 5.82 Å². The highest BCUT2D eigenvalue weighted by Gasteiger charge is 2.07. The van der Waals surface area contributed by atoms with Gasteiger partial charge in [-0.1, -0.05) is 6.07 Å². The highest BCUT2D eigenvalue weighted by atomic mass is 79.9. The van der Waals surface area contributed by atoms with E-state index in [0.29, 0.717) is 18.9 Å². The molecule has 6 heteroatoms. The van der Waals surface area contributed by atoms with Gasteiger partial charge < -0.3 is 14.8 Å². The molecule has 0 amide bonds. The second kappa shape index (κ2) is 8.07. The quantitative estimate of drug-likeness (QED) is 0.772. The molecule has 0 radical (unpaired) electrons. The molecular weight excluding hydrogens is 339 g/mol. The van der Waals surface area contributed by atoms with Crippen LogP contribution in [-0.4, -0.2) is 25.2 Å². The summed E-state index contributed by atoms with van der Waals surface area (Å²) in [6, 6.07) is 6.63. The van der Waals surface area contributed by atoms with Crippen molar-refractivity contribution < 1.29 is 13.9 Å². The molecule has 112 valence electrons. The average Bonchev–Trinajstić information content (AvgIpc) is 2.46. The van der Waals surface area contributed by atoms with Crippen LogP contribution in [0.3, 0.4) is 0 Å². The first-order valence-electron chi connectivity index (χ1n) is 6.45. The maximum absolute atomic E-state index is 14.0. The Kier molecular flexibility index (Phi) is 6.10. The van der Waals surface area contributed by atoms with Crippen LogP contribution in [0.2, 0.25) is 0 Å². The summed E-state index contributed by atoms with van der Waals surface area (Å²) in [6.07, 6.45) is 3.17. The molecule has 0 aliphatic rings. The molecule has 2 rings (SSSR count). The number of rotatable bonds is 7. The van der Waals surface area contributed by atoms with Crippen molar-refractivity contribution in [3.63, 3.8) is 0 Å². The van der Waals surface area contributed by atoms with Crippen LogP contribution < -0.4 is 10.1 Å². The Bertz CT molecular complexity index is 596. The van der Waals surface area contributed by atoms with E-state index >= 15 is 0 Å². The van der Waals surface area contributed by atoms with E-state index in [2.05, 4.69) is 26.2 Å². The third-order valence-corrected chi connectivity index (χ3v) is 3.15. The zero-order valence-electron chi connectivity index (χ0n) is 11.6. The summed E-state index contributed by atoms with van der Waals surface area (Å²) < 4.78 is 25.2. The molecule has 0 bridgehead atoms. The number of hydrogen-bond donors (Lipinski definition) is 1. The molecular formula is C15H16BrFN2O2.